The van der Waals surface area contributed by atoms with Crippen LogP contribution in [-0.2, 0) is 19.3 Å². The molecule has 1 aromatic carbocycles. The van der Waals surface area contributed by atoms with E-state index < -0.39 is 11.7 Å². The number of nitrogens with zero attached hydrogens (tertiary/aromatic N) is 6. The maximum atomic E-state index is 12.8. The number of carbonyl (C=O) groups excluding carboxylic acids is 1. The van der Waals surface area contributed by atoms with E-state index in [1.54, 1.807) is 19.3 Å². The summed E-state index contributed by atoms with van der Waals surface area (Å²) >= 11 is 0. The zero-order chi connectivity index (χ0) is 20.3. The number of benzene rings is 1. The predicted molar refractivity (Wildman–Crippen MR) is 94.5 cm³/mol. The molecule has 0 atom stereocenters. The lowest BCUT2D eigenvalue weighted by molar-refractivity contribution is -0.137. The summed E-state index contributed by atoms with van der Waals surface area (Å²) in [7, 11) is 1.65. The van der Waals surface area contributed by atoms with E-state index in [0.717, 1.165) is 18.0 Å². The molecule has 0 N–H and O–H groups in total. The number of carbonyl (C=O) groups is 1. The molecular weight excluding hydrogens is 373 g/mol. The van der Waals surface area contributed by atoms with Crippen molar-refractivity contribution in [3.63, 3.8) is 0 Å². The van der Waals surface area contributed by atoms with Gasteiger partial charge >= 0.3 is 6.18 Å². The van der Waals surface area contributed by atoms with Crippen LogP contribution in [-0.4, -0.2) is 48.9 Å². The summed E-state index contributed by atoms with van der Waals surface area (Å²) in [6.45, 7) is 3.01. The Kier molecular flexibility index (Phi) is 5.48. The van der Waals surface area contributed by atoms with Gasteiger partial charge in [-0.05, 0) is 24.6 Å². The highest BCUT2D eigenvalue weighted by atomic mass is 19.4. The van der Waals surface area contributed by atoms with Gasteiger partial charge in [-0.25, -0.2) is 9.67 Å². The molecule has 0 saturated heterocycles. The van der Waals surface area contributed by atoms with Gasteiger partial charge in [-0.3, -0.25) is 4.79 Å². The molecule has 1 amide bonds. The van der Waals surface area contributed by atoms with Crippen LogP contribution in [0.4, 0.5) is 13.2 Å². The quantitative estimate of drug-likeness (QED) is 0.647. The molecule has 0 saturated carbocycles. The molecular formula is C18H19F3N6O. The normalized spacial score (nSPS) is 11.6. The van der Waals surface area contributed by atoms with Gasteiger partial charge in [-0.15, -0.1) is 5.10 Å². The Morgan fingerprint density at radius 1 is 1.29 bits per heavy atom. The first-order valence-electron chi connectivity index (χ1n) is 8.53. The van der Waals surface area contributed by atoms with Crippen molar-refractivity contribution in [1.29, 1.82) is 0 Å². The van der Waals surface area contributed by atoms with Gasteiger partial charge in [-0.1, -0.05) is 17.3 Å². The molecule has 2 aromatic heterocycles. The zero-order valence-electron chi connectivity index (χ0n) is 15.4. The second-order valence-corrected chi connectivity index (χ2v) is 6.39. The summed E-state index contributed by atoms with van der Waals surface area (Å²) < 4.78 is 41.7. The van der Waals surface area contributed by atoms with Gasteiger partial charge < -0.3 is 9.47 Å². The number of aryl methyl sites for hydroxylation is 1. The number of hydrogen-bond acceptors (Lipinski definition) is 4. The number of rotatable bonds is 6. The highest BCUT2D eigenvalue weighted by Crippen LogP contribution is 2.29. The largest absolute Gasteiger partial charge is 0.416 e. The van der Waals surface area contributed by atoms with Crippen LogP contribution in [0.5, 0.6) is 0 Å². The van der Waals surface area contributed by atoms with Crippen LogP contribution in [0.3, 0.4) is 0 Å². The number of halogens is 3. The molecule has 2 heterocycles. The van der Waals surface area contributed by atoms with E-state index in [4.69, 9.17) is 0 Å². The first-order chi connectivity index (χ1) is 13.2. The molecule has 0 unspecified atom stereocenters. The topological polar surface area (TPSA) is 68.8 Å². The molecule has 10 heteroatoms. The average Bonchev–Trinajstić information content (AvgIpc) is 3.27. The minimum Gasteiger partial charge on any atom is -0.338 e. The lowest BCUT2D eigenvalue weighted by Gasteiger charge is -2.16. The molecule has 3 rings (SSSR count). The molecule has 3 aromatic rings. The summed E-state index contributed by atoms with van der Waals surface area (Å²) in [5, 5.41) is 7.70. The van der Waals surface area contributed by atoms with Crippen molar-refractivity contribution in [1.82, 2.24) is 29.4 Å². The monoisotopic (exact) mass is 392 g/mol. The Bertz CT molecular complexity index is 962. The maximum Gasteiger partial charge on any atom is 0.416 e. The van der Waals surface area contributed by atoms with E-state index in [-0.39, 0.29) is 18.1 Å². The third-order valence-corrected chi connectivity index (χ3v) is 4.30. The molecule has 28 heavy (non-hydrogen) atoms. The van der Waals surface area contributed by atoms with Gasteiger partial charge in [0.15, 0.2) is 5.69 Å². The van der Waals surface area contributed by atoms with Crippen molar-refractivity contribution >= 4 is 5.91 Å². The van der Waals surface area contributed by atoms with Crippen molar-refractivity contribution < 1.29 is 18.0 Å². The molecule has 0 aliphatic carbocycles. The standard InChI is InChI=1S/C18H19F3N6O/c1-13-22-6-7-26(13)9-8-25(2)17(28)16-12-27(24-23-16)11-14-4-3-5-15(10-14)18(19,20)21/h3-7,10,12H,8-9,11H2,1-2H3. The fraction of sp³-hybridized carbons (Fsp3) is 0.333. The van der Waals surface area contributed by atoms with Crippen LogP contribution < -0.4 is 0 Å². The van der Waals surface area contributed by atoms with Gasteiger partial charge in [-0.2, -0.15) is 13.2 Å². The lowest BCUT2D eigenvalue weighted by Crippen LogP contribution is -2.30. The van der Waals surface area contributed by atoms with Crippen LogP contribution in [0.25, 0.3) is 0 Å². The minimum absolute atomic E-state index is 0.0855. The minimum atomic E-state index is -4.41. The van der Waals surface area contributed by atoms with E-state index >= 15 is 0 Å². The molecule has 0 radical (unpaired) electrons. The average molecular weight is 392 g/mol. The van der Waals surface area contributed by atoms with E-state index in [9.17, 15) is 18.0 Å². The van der Waals surface area contributed by atoms with Crippen molar-refractivity contribution in [2.24, 2.45) is 0 Å². The number of hydrogen-bond donors (Lipinski definition) is 0. The molecule has 0 aliphatic rings. The summed E-state index contributed by atoms with van der Waals surface area (Å²) in [6, 6.07) is 4.98. The van der Waals surface area contributed by atoms with Crippen LogP contribution in [0, 0.1) is 6.92 Å². The smallest absolute Gasteiger partial charge is 0.338 e. The van der Waals surface area contributed by atoms with Crippen molar-refractivity contribution in [3.8, 4) is 0 Å². The summed E-state index contributed by atoms with van der Waals surface area (Å²) in [5.74, 6) is 0.543. The van der Waals surface area contributed by atoms with E-state index in [0.29, 0.717) is 18.7 Å². The molecule has 7 nitrogen and oxygen atoms in total. The third kappa shape index (κ3) is 4.56. The molecule has 0 fully saturated rings. The predicted octanol–water partition coefficient (Wildman–Crippen LogP) is 2.62. The number of likely N-dealkylation sites (N-methyl/N-ethyl adjacent to an activating group) is 1. The fourth-order valence-electron chi connectivity index (χ4n) is 2.70. The van der Waals surface area contributed by atoms with Crippen molar-refractivity contribution in [2.75, 3.05) is 13.6 Å². The van der Waals surface area contributed by atoms with Crippen LogP contribution >= 0.6 is 0 Å². The van der Waals surface area contributed by atoms with Crippen molar-refractivity contribution in [2.45, 2.75) is 26.2 Å². The Morgan fingerprint density at radius 2 is 2.07 bits per heavy atom. The Hall–Kier alpha value is -3.17. The first kappa shape index (κ1) is 19.6. The van der Waals surface area contributed by atoms with E-state index in [1.165, 1.54) is 21.8 Å². The van der Waals surface area contributed by atoms with Gasteiger partial charge in [0, 0.05) is 32.5 Å². The third-order valence-electron chi connectivity index (χ3n) is 4.30. The van der Waals surface area contributed by atoms with Gasteiger partial charge in [0.2, 0.25) is 0 Å². The second-order valence-electron chi connectivity index (χ2n) is 6.39. The molecule has 148 valence electrons. The Morgan fingerprint density at radius 3 is 2.75 bits per heavy atom. The fourth-order valence-corrected chi connectivity index (χ4v) is 2.70. The highest BCUT2D eigenvalue weighted by molar-refractivity contribution is 5.91. The summed E-state index contributed by atoms with van der Waals surface area (Å²) in [4.78, 5) is 18.1. The number of alkyl halides is 3. The van der Waals surface area contributed by atoms with Crippen LogP contribution in [0.15, 0.2) is 42.9 Å². The van der Waals surface area contributed by atoms with Gasteiger partial charge in [0.1, 0.15) is 5.82 Å². The van der Waals surface area contributed by atoms with E-state index in [2.05, 4.69) is 15.3 Å². The summed E-state index contributed by atoms with van der Waals surface area (Å²) in [5.41, 5.74) is -0.171. The molecule has 0 spiro atoms. The first-order valence-corrected chi connectivity index (χ1v) is 8.53. The van der Waals surface area contributed by atoms with Gasteiger partial charge in [0.25, 0.3) is 5.91 Å². The van der Waals surface area contributed by atoms with Crippen LogP contribution in [0.1, 0.15) is 27.4 Å². The number of amides is 1. The Labute approximate surface area is 159 Å². The molecule has 0 aliphatic heterocycles. The summed E-state index contributed by atoms with van der Waals surface area (Å²) in [6.07, 6.45) is 0.548. The zero-order valence-corrected chi connectivity index (χ0v) is 15.4. The Balaban J connectivity index is 1.63. The maximum absolute atomic E-state index is 12.8. The SMILES string of the molecule is Cc1nccn1CCN(C)C(=O)c1cn(Cc2cccc(C(F)(F)F)c2)nn1. The highest BCUT2D eigenvalue weighted by Gasteiger charge is 2.30. The second kappa shape index (κ2) is 7.83. The van der Waals surface area contributed by atoms with Crippen LogP contribution in [0.2, 0.25) is 0 Å². The number of aromatic nitrogens is 5. The van der Waals surface area contributed by atoms with Gasteiger partial charge in [0.05, 0.1) is 18.3 Å². The van der Waals surface area contributed by atoms with E-state index in [1.807, 2.05) is 17.7 Å². The number of imidazole rings is 1. The lowest BCUT2D eigenvalue weighted by atomic mass is 10.1. The van der Waals surface area contributed by atoms with Crippen molar-refractivity contribution in [3.05, 3.63) is 65.5 Å². The molecule has 0 bridgehead atoms.